The lowest BCUT2D eigenvalue weighted by Crippen LogP contribution is -2.48. The first-order chi connectivity index (χ1) is 13.1. The highest BCUT2D eigenvalue weighted by molar-refractivity contribution is 8.23. The van der Waals surface area contributed by atoms with Gasteiger partial charge in [-0.2, -0.15) is 0 Å². The van der Waals surface area contributed by atoms with Gasteiger partial charge >= 0.3 is 0 Å². The SMILES string of the molecule is CCN1C(=S)SC(c2ccc(OC)cc2)N(CC)C1c1ccc(OC)cc1. The Kier molecular flexibility index (Phi) is 6.63. The molecule has 2 unspecified atom stereocenters. The Morgan fingerprint density at radius 2 is 1.37 bits per heavy atom. The Morgan fingerprint density at radius 3 is 1.81 bits per heavy atom. The van der Waals surface area contributed by atoms with Crippen molar-refractivity contribution in [1.29, 1.82) is 0 Å². The van der Waals surface area contributed by atoms with Gasteiger partial charge in [-0.05, 0) is 48.9 Å². The summed E-state index contributed by atoms with van der Waals surface area (Å²) in [4.78, 5) is 4.79. The number of hydrogen-bond acceptors (Lipinski definition) is 5. The highest BCUT2D eigenvalue weighted by atomic mass is 32.2. The number of methoxy groups -OCH3 is 2. The molecule has 0 saturated carbocycles. The number of nitrogens with zero attached hydrogens (tertiary/aromatic N) is 2. The largest absolute Gasteiger partial charge is 0.497 e. The first-order valence-electron chi connectivity index (χ1n) is 9.13. The third-order valence-electron chi connectivity index (χ3n) is 4.88. The van der Waals surface area contributed by atoms with Gasteiger partial charge < -0.3 is 14.4 Å². The summed E-state index contributed by atoms with van der Waals surface area (Å²) in [6, 6.07) is 16.6. The predicted octanol–water partition coefficient (Wildman–Crippen LogP) is 5.08. The molecule has 1 heterocycles. The molecule has 0 aromatic heterocycles. The molecule has 0 N–H and O–H groups in total. The Balaban J connectivity index is 1.99. The summed E-state index contributed by atoms with van der Waals surface area (Å²) in [6.07, 6.45) is 0.103. The van der Waals surface area contributed by atoms with Gasteiger partial charge in [-0.1, -0.05) is 55.2 Å². The van der Waals surface area contributed by atoms with Crippen LogP contribution in [0.4, 0.5) is 0 Å². The van der Waals surface area contributed by atoms with E-state index in [0.717, 1.165) is 28.9 Å². The van der Waals surface area contributed by atoms with Crippen LogP contribution in [-0.4, -0.2) is 41.4 Å². The van der Waals surface area contributed by atoms with Crippen molar-refractivity contribution in [2.45, 2.75) is 25.4 Å². The van der Waals surface area contributed by atoms with Crippen LogP contribution in [0, 0.1) is 0 Å². The summed E-state index contributed by atoms with van der Waals surface area (Å²) in [5, 5.41) is 0.170. The van der Waals surface area contributed by atoms with E-state index >= 15 is 0 Å². The molecular weight excluding hydrogens is 376 g/mol. The number of thioether (sulfide) groups is 1. The normalized spacial score (nSPS) is 20.6. The lowest BCUT2D eigenvalue weighted by molar-refractivity contribution is 0.0851. The predicted molar refractivity (Wildman–Crippen MR) is 116 cm³/mol. The fourth-order valence-electron chi connectivity index (χ4n) is 3.45. The second kappa shape index (κ2) is 8.95. The maximum Gasteiger partial charge on any atom is 0.139 e. The fourth-order valence-corrected chi connectivity index (χ4v) is 5.21. The van der Waals surface area contributed by atoms with E-state index in [4.69, 9.17) is 21.7 Å². The molecule has 2 aromatic rings. The molecule has 0 radical (unpaired) electrons. The van der Waals surface area contributed by atoms with Crippen molar-refractivity contribution in [3.8, 4) is 11.5 Å². The van der Waals surface area contributed by atoms with Gasteiger partial charge in [0.25, 0.3) is 0 Å². The molecule has 3 rings (SSSR count). The van der Waals surface area contributed by atoms with Gasteiger partial charge in [0.1, 0.15) is 22.0 Å². The number of benzene rings is 2. The van der Waals surface area contributed by atoms with Crippen molar-refractivity contribution in [3.05, 3.63) is 59.7 Å². The molecule has 4 nitrogen and oxygen atoms in total. The second-order valence-electron chi connectivity index (χ2n) is 6.27. The van der Waals surface area contributed by atoms with Crippen LogP contribution in [0.15, 0.2) is 48.5 Å². The highest BCUT2D eigenvalue weighted by Crippen LogP contribution is 2.46. The maximum atomic E-state index is 5.79. The van der Waals surface area contributed by atoms with E-state index in [-0.39, 0.29) is 11.5 Å². The molecule has 1 aliphatic heterocycles. The van der Waals surface area contributed by atoms with Crippen LogP contribution in [-0.2, 0) is 0 Å². The summed E-state index contributed by atoms with van der Waals surface area (Å²) in [5.74, 6) is 1.73. The van der Waals surface area contributed by atoms with Crippen molar-refractivity contribution < 1.29 is 9.47 Å². The molecule has 27 heavy (non-hydrogen) atoms. The summed E-state index contributed by atoms with van der Waals surface area (Å²) in [6.45, 7) is 6.15. The molecule has 1 saturated heterocycles. The number of rotatable bonds is 6. The van der Waals surface area contributed by atoms with E-state index in [0.29, 0.717) is 0 Å². The zero-order valence-corrected chi connectivity index (χ0v) is 17.8. The summed E-state index contributed by atoms with van der Waals surface area (Å²) in [7, 11) is 3.38. The minimum Gasteiger partial charge on any atom is -0.497 e. The summed E-state index contributed by atoms with van der Waals surface area (Å²) in [5.41, 5.74) is 2.46. The Morgan fingerprint density at radius 1 is 0.852 bits per heavy atom. The maximum absolute atomic E-state index is 5.79. The lowest BCUT2D eigenvalue weighted by Gasteiger charge is -2.48. The molecular formula is C21H26N2O2S2. The van der Waals surface area contributed by atoms with Gasteiger partial charge in [0.05, 0.1) is 19.6 Å². The molecule has 1 aliphatic rings. The molecule has 2 aromatic carbocycles. The van der Waals surface area contributed by atoms with Crippen molar-refractivity contribution in [3.63, 3.8) is 0 Å². The molecule has 1 fully saturated rings. The third kappa shape index (κ3) is 4.08. The van der Waals surface area contributed by atoms with E-state index in [9.17, 15) is 0 Å². The first kappa shape index (κ1) is 20.0. The van der Waals surface area contributed by atoms with Crippen LogP contribution in [0.5, 0.6) is 11.5 Å². The monoisotopic (exact) mass is 402 g/mol. The summed E-state index contributed by atoms with van der Waals surface area (Å²) >= 11 is 7.53. The molecule has 0 aliphatic carbocycles. The molecule has 2 atom stereocenters. The zero-order valence-electron chi connectivity index (χ0n) is 16.2. The standard InChI is InChI=1S/C21H26N2O2S2/c1-5-22-19(15-7-11-17(24-3)12-8-15)23(6-2)21(26)27-20(22)16-9-13-18(25-4)14-10-16/h7-14,19-20H,5-6H2,1-4H3. The topological polar surface area (TPSA) is 24.9 Å². The second-order valence-corrected chi connectivity index (χ2v) is 7.99. The number of thiocarbonyl (C=S) groups is 1. The van der Waals surface area contributed by atoms with E-state index in [1.54, 1.807) is 26.0 Å². The van der Waals surface area contributed by atoms with E-state index in [2.05, 4.69) is 47.9 Å². The van der Waals surface area contributed by atoms with Gasteiger partial charge in [-0.3, -0.25) is 4.90 Å². The molecule has 0 spiro atoms. The fraction of sp³-hybridized carbons (Fsp3) is 0.381. The van der Waals surface area contributed by atoms with Crippen LogP contribution in [0.3, 0.4) is 0 Å². The Bertz CT molecular complexity index is 765. The van der Waals surface area contributed by atoms with E-state index in [1.165, 1.54) is 11.1 Å². The van der Waals surface area contributed by atoms with Gasteiger partial charge in [0.15, 0.2) is 0 Å². The molecule has 6 heteroatoms. The summed E-state index contributed by atoms with van der Waals surface area (Å²) < 4.78 is 11.6. The van der Waals surface area contributed by atoms with Gasteiger partial charge in [-0.15, -0.1) is 0 Å². The van der Waals surface area contributed by atoms with Crippen molar-refractivity contribution in [2.75, 3.05) is 27.3 Å². The van der Waals surface area contributed by atoms with Crippen LogP contribution >= 0.6 is 24.0 Å². The lowest BCUT2D eigenvalue weighted by atomic mass is 10.1. The van der Waals surface area contributed by atoms with E-state index in [1.807, 2.05) is 24.3 Å². The first-order valence-corrected chi connectivity index (χ1v) is 10.4. The average Bonchev–Trinajstić information content (AvgIpc) is 2.73. The smallest absolute Gasteiger partial charge is 0.139 e. The van der Waals surface area contributed by atoms with Gasteiger partial charge in [0, 0.05) is 6.54 Å². The minimum absolute atomic E-state index is 0.103. The zero-order chi connectivity index (χ0) is 19.4. The molecule has 0 bridgehead atoms. The highest BCUT2D eigenvalue weighted by Gasteiger charge is 2.39. The van der Waals surface area contributed by atoms with Crippen LogP contribution in [0.1, 0.15) is 36.5 Å². The van der Waals surface area contributed by atoms with Crippen molar-refractivity contribution in [2.24, 2.45) is 0 Å². The van der Waals surface area contributed by atoms with Gasteiger partial charge in [-0.25, -0.2) is 0 Å². The minimum atomic E-state index is 0.103. The van der Waals surface area contributed by atoms with Crippen molar-refractivity contribution in [1.82, 2.24) is 9.80 Å². The number of ether oxygens (including phenoxy) is 2. The Labute approximate surface area is 171 Å². The average molecular weight is 403 g/mol. The van der Waals surface area contributed by atoms with Gasteiger partial charge in [0.2, 0.25) is 0 Å². The van der Waals surface area contributed by atoms with Crippen LogP contribution in [0.2, 0.25) is 0 Å². The quantitative estimate of drug-likeness (QED) is 0.625. The van der Waals surface area contributed by atoms with Crippen molar-refractivity contribution >= 4 is 28.3 Å². The van der Waals surface area contributed by atoms with Crippen LogP contribution < -0.4 is 9.47 Å². The third-order valence-corrected chi connectivity index (χ3v) is 6.60. The van der Waals surface area contributed by atoms with Crippen LogP contribution in [0.25, 0.3) is 0 Å². The molecule has 144 valence electrons. The number of hydrogen-bond donors (Lipinski definition) is 0. The van der Waals surface area contributed by atoms with E-state index < -0.39 is 0 Å². The Hall–Kier alpha value is -1.76. The molecule has 0 amide bonds.